The number of anilines is 1. The highest BCUT2D eigenvalue weighted by atomic mass is 16.5. The van der Waals surface area contributed by atoms with Gasteiger partial charge in [-0.25, -0.2) is 4.68 Å². The molecule has 6 heteroatoms. The monoisotopic (exact) mass is 279 g/mol. The van der Waals surface area contributed by atoms with Crippen molar-refractivity contribution in [2.75, 3.05) is 31.2 Å². The van der Waals surface area contributed by atoms with Crippen LogP contribution in [0, 0.1) is 5.92 Å². The van der Waals surface area contributed by atoms with E-state index in [2.05, 4.69) is 10.00 Å². The number of hydrogen-bond donors (Lipinski definition) is 1. The molecular weight excluding hydrogens is 258 g/mol. The minimum absolute atomic E-state index is 0.113. The van der Waals surface area contributed by atoms with E-state index >= 15 is 0 Å². The van der Waals surface area contributed by atoms with Crippen molar-refractivity contribution in [3.63, 3.8) is 0 Å². The Hall–Kier alpha value is -1.40. The zero-order valence-electron chi connectivity index (χ0n) is 11.6. The number of nitrogens with zero attached hydrogens (tertiary/aromatic N) is 3. The summed E-state index contributed by atoms with van der Waals surface area (Å²) in [6, 6.07) is 1.62. The summed E-state index contributed by atoms with van der Waals surface area (Å²) in [4.78, 5) is 14.3. The first kappa shape index (κ1) is 13.6. The van der Waals surface area contributed by atoms with Crippen LogP contribution in [0.4, 0.5) is 5.69 Å². The minimum atomic E-state index is -0.569. The quantitative estimate of drug-likeness (QED) is 0.855. The topological polar surface area (TPSA) is 67.6 Å². The Kier molecular flexibility index (Phi) is 4.03. The van der Waals surface area contributed by atoms with Crippen molar-refractivity contribution >= 4 is 5.69 Å². The van der Waals surface area contributed by atoms with Crippen LogP contribution in [0.1, 0.15) is 19.3 Å². The molecule has 0 radical (unpaired) electrons. The Morgan fingerprint density at radius 2 is 2.25 bits per heavy atom. The van der Waals surface area contributed by atoms with Gasteiger partial charge in [-0.1, -0.05) is 0 Å². The molecular formula is C14H21N3O3. The summed E-state index contributed by atoms with van der Waals surface area (Å²) in [6.07, 6.45) is 4.35. The van der Waals surface area contributed by atoms with Gasteiger partial charge in [0.2, 0.25) is 0 Å². The van der Waals surface area contributed by atoms with E-state index in [-0.39, 0.29) is 18.0 Å². The van der Waals surface area contributed by atoms with Crippen LogP contribution in [-0.4, -0.2) is 47.3 Å². The van der Waals surface area contributed by atoms with E-state index in [0.29, 0.717) is 13.2 Å². The molecule has 6 nitrogen and oxygen atoms in total. The largest absolute Gasteiger partial charge is 0.391 e. The number of aromatic nitrogens is 2. The van der Waals surface area contributed by atoms with Gasteiger partial charge in [-0.15, -0.1) is 0 Å². The lowest BCUT2D eigenvalue weighted by Crippen LogP contribution is -2.33. The van der Waals surface area contributed by atoms with Crippen LogP contribution in [0.25, 0.3) is 0 Å². The van der Waals surface area contributed by atoms with Gasteiger partial charge in [0.25, 0.3) is 5.56 Å². The number of aliphatic hydroxyl groups excluding tert-OH is 1. The van der Waals surface area contributed by atoms with Gasteiger partial charge in [-0.3, -0.25) is 4.79 Å². The van der Waals surface area contributed by atoms with Crippen LogP contribution in [0.5, 0.6) is 0 Å². The first-order valence-electron chi connectivity index (χ1n) is 7.32. The van der Waals surface area contributed by atoms with E-state index in [1.54, 1.807) is 12.3 Å². The number of aliphatic hydroxyl groups is 1. The van der Waals surface area contributed by atoms with Gasteiger partial charge in [0.15, 0.2) is 0 Å². The molecule has 0 aromatic carbocycles. The van der Waals surface area contributed by atoms with Crippen LogP contribution in [-0.2, 0) is 11.3 Å². The van der Waals surface area contributed by atoms with E-state index in [0.717, 1.165) is 25.2 Å². The fourth-order valence-electron chi connectivity index (χ4n) is 2.89. The third-order valence-corrected chi connectivity index (χ3v) is 4.20. The lowest BCUT2D eigenvalue weighted by Gasteiger charge is -2.19. The maximum absolute atomic E-state index is 12.1. The molecule has 0 amide bonds. The smallest absolute Gasteiger partial charge is 0.268 e. The van der Waals surface area contributed by atoms with Crippen LogP contribution in [0.15, 0.2) is 17.1 Å². The molecule has 0 bridgehead atoms. The van der Waals surface area contributed by atoms with Gasteiger partial charge in [0, 0.05) is 31.7 Å². The van der Waals surface area contributed by atoms with Gasteiger partial charge in [-0.2, -0.15) is 5.10 Å². The highest BCUT2D eigenvalue weighted by Crippen LogP contribution is 2.19. The molecule has 2 saturated heterocycles. The molecule has 0 aliphatic carbocycles. The molecule has 1 aromatic heterocycles. The summed E-state index contributed by atoms with van der Waals surface area (Å²) in [7, 11) is 0. The average Bonchev–Trinajstić information content (AvgIpc) is 3.14. The predicted molar refractivity (Wildman–Crippen MR) is 74.9 cm³/mol. The van der Waals surface area contributed by atoms with E-state index < -0.39 is 6.10 Å². The third-order valence-electron chi connectivity index (χ3n) is 4.20. The van der Waals surface area contributed by atoms with E-state index in [1.807, 2.05) is 0 Å². The molecule has 0 spiro atoms. The molecule has 110 valence electrons. The summed E-state index contributed by atoms with van der Waals surface area (Å²) in [5, 5.41) is 14.3. The highest BCUT2D eigenvalue weighted by Gasteiger charge is 2.25. The highest BCUT2D eigenvalue weighted by molar-refractivity contribution is 5.43. The van der Waals surface area contributed by atoms with Crippen LogP contribution in [0.2, 0.25) is 0 Å². The number of hydrogen-bond acceptors (Lipinski definition) is 5. The van der Waals surface area contributed by atoms with E-state index in [1.165, 1.54) is 17.5 Å². The Morgan fingerprint density at radius 3 is 2.90 bits per heavy atom. The first-order valence-corrected chi connectivity index (χ1v) is 7.32. The standard InChI is InChI=1S/C14H21N3O3/c18-13(11-3-6-20-10-11)9-17-14(19)7-12(8-15-17)16-4-1-2-5-16/h7-8,11,13,18H,1-6,9-10H2. The second-order valence-electron chi connectivity index (χ2n) is 5.62. The Labute approximate surface area is 118 Å². The normalized spacial score (nSPS) is 24.2. The fourth-order valence-corrected chi connectivity index (χ4v) is 2.89. The molecule has 1 aromatic rings. The molecule has 2 unspecified atom stereocenters. The molecule has 2 aliphatic rings. The van der Waals surface area contributed by atoms with Gasteiger partial charge >= 0.3 is 0 Å². The van der Waals surface area contributed by atoms with Gasteiger partial charge in [0.1, 0.15) is 0 Å². The number of ether oxygens (including phenoxy) is 1. The van der Waals surface area contributed by atoms with Crippen LogP contribution < -0.4 is 10.5 Å². The van der Waals surface area contributed by atoms with Crippen LogP contribution in [0.3, 0.4) is 0 Å². The first-order chi connectivity index (χ1) is 9.74. The van der Waals surface area contributed by atoms with Crippen molar-refractivity contribution in [1.29, 1.82) is 0 Å². The average molecular weight is 279 g/mol. The van der Waals surface area contributed by atoms with Crippen molar-refractivity contribution in [3.05, 3.63) is 22.6 Å². The summed E-state index contributed by atoms with van der Waals surface area (Å²) < 4.78 is 6.61. The maximum atomic E-state index is 12.1. The maximum Gasteiger partial charge on any atom is 0.268 e. The second kappa shape index (κ2) is 5.93. The van der Waals surface area contributed by atoms with Gasteiger partial charge in [0.05, 0.1) is 31.1 Å². The summed E-state index contributed by atoms with van der Waals surface area (Å²) in [5.41, 5.74) is 0.745. The molecule has 2 aliphatic heterocycles. The Bertz CT molecular complexity index is 505. The lowest BCUT2D eigenvalue weighted by atomic mass is 10.0. The van der Waals surface area contributed by atoms with Crippen molar-refractivity contribution in [2.24, 2.45) is 5.92 Å². The SMILES string of the molecule is O=c1cc(N2CCCC2)cnn1CC(O)C1CCOC1. The Morgan fingerprint density at radius 1 is 1.45 bits per heavy atom. The molecule has 20 heavy (non-hydrogen) atoms. The van der Waals surface area contributed by atoms with Gasteiger partial charge < -0.3 is 14.7 Å². The summed E-state index contributed by atoms with van der Waals surface area (Å²) in [6.45, 7) is 3.49. The molecule has 1 N–H and O–H groups in total. The molecule has 3 rings (SSSR count). The zero-order chi connectivity index (χ0) is 13.9. The molecule has 2 fully saturated rings. The van der Waals surface area contributed by atoms with E-state index in [9.17, 15) is 9.90 Å². The van der Waals surface area contributed by atoms with Crippen molar-refractivity contribution in [1.82, 2.24) is 9.78 Å². The fraction of sp³-hybridized carbons (Fsp3) is 0.714. The predicted octanol–water partition coefficient (Wildman–Crippen LogP) is 0.241. The summed E-state index contributed by atoms with van der Waals surface area (Å²) in [5.74, 6) is 0.113. The molecule has 3 heterocycles. The second-order valence-corrected chi connectivity index (χ2v) is 5.62. The van der Waals surface area contributed by atoms with Crippen molar-refractivity contribution in [2.45, 2.75) is 31.9 Å². The molecule has 2 atom stereocenters. The van der Waals surface area contributed by atoms with E-state index in [4.69, 9.17) is 4.74 Å². The van der Waals surface area contributed by atoms with Gasteiger partial charge in [-0.05, 0) is 19.3 Å². The zero-order valence-corrected chi connectivity index (χ0v) is 11.6. The molecule has 0 saturated carbocycles. The Balaban J connectivity index is 1.69. The summed E-state index contributed by atoms with van der Waals surface area (Å²) >= 11 is 0. The lowest BCUT2D eigenvalue weighted by molar-refractivity contribution is 0.0735. The van der Waals surface area contributed by atoms with Crippen molar-refractivity contribution in [3.8, 4) is 0 Å². The number of rotatable bonds is 4. The van der Waals surface area contributed by atoms with Crippen LogP contribution >= 0.6 is 0 Å². The minimum Gasteiger partial charge on any atom is -0.391 e. The van der Waals surface area contributed by atoms with Crippen molar-refractivity contribution < 1.29 is 9.84 Å². The third kappa shape index (κ3) is 2.86.